The molecule has 110 valence electrons. The third-order valence-corrected chi connectivity index (χ3v) is 4.56. The number of hydrogen-bond donors (Lipinski definition) is 1. The van der Waals surface area contributed by atoms with Crippen molar-refractivity contribution in [2.45, 2.75) is 26.2 Å². The van der Waals surface area contributed by atoms with Crippen LogP contribution in [0.3, 0.4) is 0 Å². The Morgan fingerprint density at radius 3 is 2.80 bits per heavy atom. The average molecular weight is 292 g/mol. The molecule has 0 saturated carbocycles. The fourth-order valence-electron chi connectivity index (χ4n) is 2.44. The number of pyridine rings is 1. The van der Waals surface area contributed by atoms with Gasteiger partial charge in [-0.1, -0.05) is 19.9 Å². The van der Waals surface area contributed by atoms with Crippen LogP contribution in [0.5, 0.6) is 0 Å². The van der Waals surface area contributed by atoms with Crippen LogP contribution in [0.15, 0.2) is 23.3 Å². The van der Waals surface area contributed by atoms with Crippen LogP contribution in [-0.2, 0) is 5.41 Å². The first-order chi connectivity index (χ1) is 9.50. The monoisotopic (exact) mass is 292 g/mol. The van der Waals surface area contributed by atoms with Crippen LogP contribution in [0, 0.1) is 6.92 Å². The van der Waals surface area contributed by atoms with E-state index in [0.29, 0.717) is 12.5 Å². The molecule has 1 saturated heterocycles. The first kappa shape index (κ1) is 15.2. The van der Waals surface area contributed by atoms with Crippen molar-refractivity contribution >= 4 is 17.7 Å². The van der Waals surface area contributed by atoms with Gasteiger partial charge >= 0.3 is 0 Å². The van der Waals surface area contributed by atoms with E-state index in [1.807, 2.05) is 24.0 Å². The maximum Gasteiger partial charge on any atom is 0.191 e. The number of nitrogens with two attached hydrogens (primary N) is 1. The Balaban J connectivity index is 2.06. The summed E-state index contributed by atoms with van der Waals surface area (Å²) in [5.41, 5.74) is 8.33. The second kappa shape index (κ2) is 6.48. The Kier molecular flexibility index (Phi) is 4.91. The summed E-state index contributed by atoms with van der Waals surface area (Å²) in [5, 5.41) is 0. The Morgan fingerprint density at radius 1 is 1.45 bits per heavy atom. The summed E-state index contributed by atoms with van der Waals surface area (Å²) in [5.74, 6) is 2.95. The van der Waals surface area contributed by atoms with E-state index >= 15 is 0 Å². The second-order valence-corrected chi connectivity index (χ2v) is 7.05. The van der Waals surface area contributed by atoms with E-state index in [9.17, 15) is 0 Å². The lowest BCUT2D eigenvalue weighted by atomic mass is 9.86. The molecule has 0 unspecified atom stereocenters. The zero-order chi connectivity index (χ0) is 14.6. The van der Waals surface area contributed by atoms with Crippen LogP contribution in [-0.4, -0.2) is 47.0 Å². The zero-order valence-electron chi connectivity index (χ0n) is 12.6. The number of aliphatic imine (C=N–C) groups is 1. The molecule has 0 spiro atoms. The van der Waals surface area contributed by atoms with Crippen LogP contribution in [0.4, 0.5) is 0 Å². The molecule has 0 radical (unpaired) electrons. The predicted molar refractivity (Wildman–Crippen MR) is 87.4 cm³/mol. The molecular weight excluding hydrogens is 268 g/mol. The van der Waals surface area contributed by atoms with Crippen molar-refractivity contribution in [1.82, 2.24) is 9.88 Å². The van der Waals surface area contributed by atoms with E-state index in [1.165, 1.54) is 5.56 Å². The van der Waals surface area contributed by atoms with Gasteiger partial charge in [0.1, 0.15) is 0 Å². The molecule has 5 heteroatoms. The highest BCUT2D eigenvalue weighted by molar-refractivity contribution is 7.99. The summed E-state index contributed by atoms with van der Waals surface area (Å²) in [4.78, 5) is 11.3. The number of nitrogens with zero attached hydrogens (tertiary/aromatic N) is 3. The van der Waals surface area contributed by atoms with Gasteiger partial charge in [0.05, 0.1) is 12.2 Å². The third kappa shape index (κ3) is 3.66. The molecule has 0 aliphatic carbocycles. The normalized spacial score (nSPS) is 17.4. The number of rotatable bonds is 3. The summed E-state index contributed by atoms with van der Waals surface area (Å²) in [6.07, 6.45) is 1.85. The Bertz CT molecular complexity index is 479. The van der Waals surface area contributed by atoms with Crippen LogP contribution < -0.4 is 5.73 Å². The number of hydrogen-bond acceptors (Lipinski definition) is 3. The highest BCUT2D eigenvalue weighted by atomic mass is 32.2. The van der Waals surface area contributed by atoms with Gasteiger partial charge in [-0.05, 0) is 18.6 Å². The van der Waals surface area contributed by atoms with Gasteiger partial charge in [0, 0.05) is 36.2 Å². The summed E-state index contributed by atoms with van der Waals surface area (Å²) < 4.78 is 0. The lowest BCUT2D eigenvalue weighted by Gasteiger charge is -2.29. The Labute approximate surface area is 125 Å². The van der Waals surface area contributed by atoms with Crippen LogP contribution >= 0.6 is 11.8 Å². The van der Waals surface area contributed by atoms with Crippen molar-refractivity contribution in [2.24, 2.45) is 10.7 Å². The fourth-order valence-corrected chi connectivity index (χ4v) is 3.34. The third-order valence-electron chi connectivity index (χ3n) is 3.62. The summed E-state index contributed by atoms with van der Waals surface area (Å²) in [7, 11) is 0. The number of aromatic nitrogens is 1. The molecule has 2 heterocycles. The van der Waals surface area contributed by atoms with Gasteiger partial charge in [-0.15, -0.1) is 0 Å². The van der Waals surface area contributed by atoms with Gasteiger partial charge in [0.15, 0.2) is 5.96 Å². The minimum absolute atomic E-state index is 0.0967. The highest BCUT2D eigenvalue weighted by Gasteiger charge is 2.24. The molecule has 1 aliphatic rings. The van der Waals surface area contributed by atoms with E-state index < -0.39 is 0 Å². The molecule has 4 nitrogen and oxygen atoms in total. The molecule has 0 amide bonds. The maximum absolute atomic E-state index is 6.12. The minimum Gasteiger partial charge on any atom is -0.370 e. The van der Waals surface area contributed by atoms with E-state index in [2.05, 4.69) is 41.7 Å². The molecule has 1 aliphatic heterocycles. The SMILES string of the molecule is Cc1cccnc1C(C)(C)CN=C(N)N1CCSCC1. The number of guanidine groups is 1. The first-order valence-electron chi connectivity index (χ1n) is 7.05. The summed E-state index contributed by atoms with van der Waals surface area (Å²) >= 11 is 1.98. The number of aryl methyl sites for hydroxylation is 1. The van der Waals surface area contributed by atoms with Crippen molar-refractivity contribution in [1.29, 1.82) is 0 Å². The lowest BCUT2D eigenvalue weighted by Crippen LogP contribution is -2.43. The number of thioether (sulfide) groups is 1. The van der Waals surface area contributed by atoms with Crippen molar-refractivity contribution in [2.75, 3.05) is 31.1 Å². The molecule has 20 heavy (non-hydrogen) atoms. The second-order valence-electron chi connectivity index (χ2n) is 5.83. The topological polar surface area (TPSA) is 54.5 Å². The molecule has 2 N–H and O–H groups in total. The van der Waals surface area contributed by atoms with E-state index in [0.717, 1.165) is 30.3 Å². The summed E-state index contributed by atoms with van der Waals surface area (Å²) in [6, 6.07) is 4.07. The standard InChI is InChI=1S/C15H24N4S/c1-12-5-4-6-17-13(12)15(2,3)11-18-14(16)19-7-9-20-10-8-19/h4-6H,7-11H2,1-3H3,(H2,16,18). The minimum atomic E-state index is -0.0967. The molecule has 1 aromatic heterocycles. The Morgan fingerprint density at radius 2 is 2.15 bits per heavy atom. The van der Waals surface area contributed by atoms with Gasteiger partial charge in [-0.25, -0.2) is 0 Å². The Hall–Kier alpha value is -1.23. The highest BCUT2D eigenvalue weighted by Crippen LogP contribution is 2.24. The predicted octanol–water partition coefficient (Wildman–Crippen LogP) is 2.03. The first-order valence-corrected chi connectivity index (χ1v) is 8.21. The van der Waals surface area contributed by atoms with Gasteiger partial charge in [0.25, 0.3) is 0 Å². The smallest absolute Gasteiger partial charge is 0.191 e. The van der Waals surface area contributed by atoms with Crippen molar-refractivity contribution in [3.8, 4) is 0 Å². The fraction of sp³-hybridized carbons (Fsp3) is 0.600. The molecule has 1 fully saturated rings. The van der Waals surface area contributed by atoms with Gasteiger partial charge in [-0.2, -0.15) is 11.8 Å². The largest absolute Gasteiger partial charge is 0.370 e. The molecule has 0 bridgehead atoms. The van der Waals surface area contributed by atoms with E-state index in [-0.39, 0.29) is 5.41 Å². The molecule has 1 aromatic rings. The van der Waals surface area contributed by atoms with E-state index in [1.54, 1.807) is 0 Å². The van der Waals surface area contributed by atoms with Crippen LogP contribution in [0.1, 0.15) is 25.1 Å². The maximum atomic E-state index is 6.12. The zero-order valence-corrected chi connectivity index (χ0v) is 13.4. The average Bonchev–Trinajstić information content (AvgIpc) is 2.46. The molecule has 0 aromatic carbocycles. The van der Waals surface area contributed by atoms with Crippen LogP contribution in [0.25, 0.3) is 0 Å². The molecule has 2 rings (SSSR count). The van der Waals surface area contributed by atoms with Gasteiger partial charge in [-0.3, -0.25) is 9.98 Å². The van der Waals surface area contributed by atoms with E-state index in [4.69, 9.17) is 5.73 Å². The van der Waals surface area contributed by atoms with Crippen molar-refractivity contribution < 1.29 is 0 Å². The van der Waals surface area contributed by atoms with Gasteiger partial charge in [0.2, 0.25) is 0 Å². The summed E-state index contributed by atoms with van der Waals surface area (Å²) in [6.45, 7) is 9.11. The molecular formula is C15H24N4S. The van der Waals surface area contributed by atoms with Gasteiger partial charge < -0.3 is 10.6 Å². The lowest BCUT2D eigenvalue weighted by molar-refractivity contribution is 0.448. The quantitative estimate of drug-likeness (QED) is 0.684. The van der Waals surface area contributed by atoms with Crippen molar-refractivity contribution in [3.63, 3.8) is 0 Å². The van der Waals surface area contributed by atoms with Crippen molar-refractivity contribution in [3.05, 3.63) is 29.6 Å². The molecule has 0 atom stereocenters. The van der Waals surface area contributed by atoms with Crippen LogP contribution in [0.2, 0.25) is 0 Å².